The molecular weight excluding hydrogens is 420 g/mol. The Kier molecular flexibility index (Phi) is 8.90. The van der Waals surface area contributed by atoms with Gasteiger partial charge in [0.15, 0.2) is 0 Å². The molecule has 2 heterocycles. The Balaban J connectivity index is 1.76. The van der Waals surface area contributed by atoms with Crippen molar-refractivity contribution in [2.75, 3.05) is 19.6 Å². The number of carbonyl (C=O) groups is 4. The smallest absolute Gasteiger partial charge is 0.289 e. The molecule has 2 saturated heterocycles. The third-order valence-corrected chi connectivity index (χ3v) is 7.72. The summed E-state index contributed by atoms with van der Waals surface area (Å²) in [5, 5.41) is 5.61. The molecule has 0 aromatic heterocycles. The van der Waals surface area contributed by atoms with Crippen LogP contribution in [0.15, 0.2) is 0 Å². The number of likely N-dealkylation sites (tertiary alicyclic amines) is 2. The van der Waals surface area contributed by atoms with Crippen molar-refractivity contribution in [1.29, 1.82) is 0 Å². The lowest BCUT2D eigenvalue weighted by molar-refractivity contribution is -0.144. The summed E-state index contributed by atoms with van der Waals surface area (Å²) in [5.74, 6) is -1.21. The minimum atomic E-state index is -0.854. The fraction of sp³-hybridized carbons (Fsp3) is 0.840. The number of ketones is 1. The highest BCUT2D eigenvalue weighted by Gasteiger charge is 2.48. The normalized spacial score (nSPS) is 27.3. The molecule has 8 nitrogen and oxygen atoms in total. The van der Waals surface area contributed by atoms with E-state index in [4.69, 9.17) is 0 Å². The van der Waals surface area contributed by atoms with Crippen molar-refractivity contribution in [2.45, 2.75) is 103 Å². The van der Waals surface area contributed by atoms with E-state index in [9.17, 15) is 19.2 Å². The second-order valence-electron chi connectivity index (χ2n) is 10.1. The highest BCUT2D eigenvalue weighted by molar-refractivity contribution is 6.38. The van der Waals surface area contributed by atoms with Crippen LogP contribution < -0.4 is 10.6 Å². The van der Waals surface area contributed by atoms with Gasteiger partial charge in [0.2, 0.25) is 17.6 Å². The number of hydrogen-bond donors (Lipinski definition) is 2. The van der Waals surface area contributed by atoms with Crippen LogP contribution in [0.5, 0.6) is 0 Å². The van der Waals surface area contributed by atoms with Gasteiger partial charge in [-0.2, -0.15) is 0 Å². The zero-order valence-corrected chi connectivity index (χ0v) is 20.8. The predicted octanol–water partition coefficient (Wildman–Crippen LogP) is 1.87. The molecule has 3 fully saturated rings. The summed E-state index contributed by atoms with van der Waals surface area (Å²) in [6.45, 7) is 10.4. The van der Waals surface area contributed by atoms with Gasteiger partial charge in [-0.25, -0.2) is 0 Å². The molecular formula is C25H42N4O4. The maximum atomic E-state index is 13.6. The van der Waals surface area contributed by atoms with Crippen molar-refractivity contribution in [3.63, 3.8) is 0 Å². The summed E-state index contributed by atoms with van der Waals surface area (Å²) >= 11 is 0. The van der Waals surface area contributed by atoms with Crippen LogP contribution in [-0.2, 0) is 19.2 Å². The molecule has 3 rings (SSSR count). The van der Waals surface area contributed by atoms with Crippen LogP contribution in [0.3, 0.4) is 0 Å². The van der Waals surface area contributed by atoms with Crippen molar-refractivity contribution >= 4 is 23.5 Å². The molecule has 8 heteroatoms. The molecule has 3 aliphatic rings. The number of carbonyl (C=O) groups excluding carboxylic acids is 4. The highest BCUT2D eigenvalue weighted by Crippen LogP contribution is 2.35. The molecule has 5 atom stereocenters. The fourth-order valence-electron chi connectivity index (χ4n) is 5.52. The topological polar surface area (TPSA) is 98.8 Å². The molecule has 4 unspecified atom stereocenters. The minimum Gasteiger partial charge on any atom is -0.347 e. The molecule has 0 aromatic rings. The molecule has 0 spiro atoms. The first-order valence-corrected chi connectivity index (χ1v) is 13.0. The van der Waals surface area contributed by atoms with E-state index in [1.54, 1.807) is 4.90 Å². The molecule has 0 radical (unpaired) electrons. The maximum absolute atomic E-state index is 13.6. The first-order chi connectivity index (χ1) is 15.8. The van der Waals surface area contributed by atoms with Crippen molar-refractivity contribution in [1.82, 2.24) is 20.4 Å². The van der Waals surface area contributed by atoms with Crippen LogP contribution in [0.25, 0.3) is 0 Å². The first kappa shape index (κ1) is 25.7. The molecule has 33 heavy (non-hydrogen) atoms. The Hall–Kier alpha value is -1.96. The Morgan fingerprint density at radius 1 is 1.00 bits per heavy atom. The average molecular weight is 463 g/mol. The van der Waals surface area contributed by atoms with Gasteiger partial charge >= 0.3 is 0 Å². The Morgan fingerprint density at radius 3 is 2.21 bits per heavy atom. The standard InChI is InChI=1S/C25H42N4O4/c1-5-10-20(22(30)24(32)26-18-11-12-18)27-23(31)21-19(7-3)17(6-2)15-29(21)25(33)16(4)28-13-8-9-14-28/h16-21H,5-15H2,1-4H3,(H,26,32)(H,27,31)/t16-,17?,19?,20?,21?/m1/s1. The molecule has 1 aliphatic carbocycles. The van der Waals surface area contributed by atoms with E-state index in [0.717, 1.165) is 51.6 Å². The van der Waals surface area contributed by atoms with E-state index in [2.05, 4.69) is 29.4 Å². The summed E-state index contributed by atoms with van der Waals surface area (Å²) in [6, 6.07) is -1.62. The molecule has 2 N–H and O–H groups in total. The third-order valence-electron chi connectivity index (χ3n) is 7.72. The fourth-order valence-corrected chi connectivity index (χ4v) is 5.52. The lowest BCUT2D eigenvalue weighted by Crippen LogP contribution is -2.57. The van der Waals surface area contributed by atoms with Crippen molar-refractivity contribution in [3.8, 4) is 0 Å². The third kappa shape index (κ3) is 5.94. The van der Waals surface area contributed by atoms with Crippen LogP contribution >= 0.6 is 0 Å². The van der Waals surface area contributed by atoms with Gasteiger partial charge in [0, 0.05) is 12.6 Å². The van der Waals surface area contributed by atoms with Gasteiger partial charge in [0.1, 0.15) is 6.04 Å². The Morgan fingerprint density at radius 2 is 1.67 bits per heavy atom. The van der Waals surface area contributed by atoms with Crippen molar-refractivity contribution < 1.29 is 19.2 Å². The summed E-state index contributed by atoms with van der Waals surface area (Å²) in [7, 11) is 0. The summed E-state index contributed by atoms with van der Waals surface area (Å²) < 4.78 is 0. The maximum Gasteiger partial charge on any atom is 0.289 e. The number of nitrogens with one attached hydrogen (secondary N) is 2. The summed E-state index contributed by atoms with van der Waals surface area (Å²) in [4.78, 5) is 56.2. The van der Waals surface area contributed by atoms with E-state index in [1.807, 2.05) is 13.8 Å². The second kappa shape index (κ2) is 11.4. The van der Waals surface area contributed by atoms with Gasteiger partial charge in [0.05, 0.1) is 12.1 Å². The zero-order valence-electron chi connectivity index (χ0n) is 20.8. The predicted molar refractivity (Wildman–Crippen MR) is 126 cm³/mol. The molecule has 0 bridgehead atoms. The van der Waals surface area contributed by atoms with Gasteiger partial charge in [-0.15, -0.1) is 0 Å². The largest absolute Gasteiger partial charge is 0.347 e. The monoisotopic (exact) mass is 462 g/mol. The summed E-state index contributed by atoms with van der Waals surface area (Å²) in [6.07, 6.45) is 6.74. The number of rotatable bonds is 11. The van der Waals surface area contributed by atoms with Crippen LogP contribution in [-0.4, -0.2) is 77.1 Å². The highest BCUT2D eigenvalue weighted by atomic mass is 16.2. The Labute approximate surface area is 198 Å². The van der Waals surface area contributed by atoms with Crippen LogP contribution in [0.1, 0.15) is 79.1 Å². The lowest BCUT2D eigenvalue weighted by Gasteiger charge is -2.33. The number of hydrogen-bond acceptors (Lipinski definition) is 5. The summed E-state index contributed by atoms with van der Waals surface area (Å²) in [5.41, 5.74) is 0. The zero-order chi connectivity index (χ0) is 24.1. The first-order valence-electron chi connectivity index (χ1n) is 13.0. The number of Topliss-reactive ketones (excluding diaryl/α,β-unsaturated/α-hetero) is 1. The molecule has 3 amide bonds. The Bertz CT molecular complexity index is 732. The van der Waals surface area contributed by atoms with E-state index in [-0.39, 0.29) is 35.7 Å². The minimum absolute atomic E-state index is 0.00343. The average Bonchev–Trinajstić information content (AvgIpc) is 3.30. The van der Waals surface area contributed by atoms with E-state index in [1.165, 1.54) is 0 Å². The van der Waals surface area contributed by atoms with Crippen LogP contribution in [0, 0.1) is 11.8 Å². The van der Waals surface area contributed by atoms with Crippen LogP contribution in [0.4, 0.5) is 0 Å². The lowest BCUT2D eigenvalue weighted by atomic mass is 9.86. The van der Waals surface area contributed by atoms with Gasteiger partial charge in [-0.05, 0) is 64.0 Å². The van der Waals surface area contributed by atoms with E-state index < -0.39 is 23.8 Å². The number of nitrogens with zero attached hydrogens (tertiary/aromatic N) is 2. The van der Waals surface area contributed by atoms with E-state index in [0.29, 0.717) is 19.4 Å². The molecule has 2 aliphatic heterocycles. The molecule has 1 saturated carbocycles. The SMILES string of the molecule is CCCC(NC(=O)C1C(CC)C(CC)CN1C(=O)[C@@H](C)N1CCCC1)C(=O)C(=O)NC1CC1. The van der Waals surface area contributed by atoms with Gasteiger partial charge in [-0.3, -0.25) is 24.1 Å². The van der Waals surface area contributed by atoms with Crippen molar-refractivity contribution in [3.05, 3.63) is 0 Å². The van der Waals surface area contributed by atoms with E-state index >= 15 is 0 Å². The second-order valence-corrected chi connectivity index (χ2v) is 10.1. The number of amides is 3. The van der Waals surface area contributed by atoms with Crippen LogP contribution in [0.2, 0.25) is 0 Å². The quantitative estimate of drug-likeness (QED) is 0.457. The van der Waals surface area contributed by atoms with Gasteiger partial charge in [-0.1, -0.05) is 40.0 Å². The van der Waals surface area contributed by atoms with Gasteiger partial charge in [0.25, 0.3) is 5.91 Å². The molecule has 0 aromatic carbocycles. The van der Waals surface area contributed by atoms with Crippen molar-refractivity contribution in [2.24, 2.45) is 11.8 Å². The molecule has 186 valence electrons. The van der Waals surface area contributed by atoms with Gasteiger partial charge < -0.3 is 15.5 Å².